The number of fused-ring (bicyclic) bond motifs is 12. The number of benzene rings is 8. The van der Waals surface area contributed by atoms with Gasteiger partial charge < -0.3 is 4.57 Å². The van der Waals surface area contributed by atoms with Crippen LogP contribution in [0.3, 0.4) is 0 Å². The second-order valence-corrected chi connectivity index (χ2v) is 12.1. The predicted octanol–water partition coefficient (Wildman–Crippen LogP) is 11.5. The third kappa shape index (κ3) is 3.30. The van der Waals surface area contributed by atoms with Crippen LogP contribution in [0.2, 0.25) is 0 Å². The summed E-state index contributed by atoms with van der Waals surface area (Å²) < 4.78 is 2.42. The molecule has 0 saturated carbocycles. The first-order valence-corrected chi connectivity index (χ1v) is 15.4. The molecule has 44 heavy (non-hydrogen) atoms. The van der Waals surface area contributed by atoms with Crippen LogP contribution >= 0.6 is 0 Å². The van der Waals surface area contributed by atoms with Crippen LogP contribution in [0.25, 0.3) is 82.1 Å². The zero-order chi connectivity index (χ0) is 28.8. The van der Waals surface area contributed by atoms with E-state index in [0.29, 0.717) is 0 Å². The summed E-state index contributed by atoms with van der Waals surface area (Å²) in [5.41, 5.74) is 11.7. The Balaban J connectivity index is 1.15. The molecule has 10 rings (SSSR count). The van der Waals surface area contributed by atoms with Crippen LogP contribution in [0, 0.1) is 0 Å². The van der Waals surface area contributed by atoms with Crippen molar-refractivity contribution in [3.05, 3.63) is 163 Å². The van der Waals surface area contributed by atoms with Gasteiger partial charge in [-0.2, -0.15) is 0 Å². The van der Waals surface area contributed by atoms with E-state index in [0.717, 1.165) is 6.42 Å². The summed E-state index contributed by atoms with van der Waals surface area (Å²) in [4.78, 5) is 0. The topological polar surface area (TPSA) is 4.93 Å². The van der Waals surface area contributed by atoms with Gasteiger partial charge in [-0.1, -0.05) is 115 Å². The first-order valence-electron chi connectivity index (χ1n) is 15.4. The average molecular weight is 558 g/mol. The molecule has 0 fully saturated rings. The highest BCUT2D eigenvalue weighted by molar-refractivity contribution is 6.25. The van der Waals surface area contributed by atoms with Gasteiger partial charge in [0.25, 0.3) is 0 Å². The quantitative estimate of drug-likeness (QED) is 0.186. The maximum absolute atomic E-state index is 2.42. The van der Waals surface area contributed by atoms with E-state index in [-0.39, 0.29) is 0 Å². The van der Waals surface area contributed by atoms with Gasteiger partial charge >= 0.3 is 0 Å². The molecule has 0 amide bonds. The summed E-state index contributed by atoms with van der Waals surface area (Å²) in [7, 11) is 0. The molecule has 0 radical (unpaired) electrons. The number of nitrogens with zero attached hydrogens (tertiary/aromatic N) is 1. The third-order valence-corrected chi connectivity index (χ3v) is 9.79. The minimum atomic E-state index is 0.979. The van der Waals surface area contributed by atoms with Crippen LogP contribution < -0.4 is 0 Å². The maximum Gasteiger partial charge on any atom is 0.0541 e. The van der Waals surface area contributed by atoms with Crippen LogP contribution in [0.4, 0.5) is 0 Å². The van der Waals surface area contributed by atoms with Gasteiger partial charge in [-0.3, -0.25) is 0 Å². The van der Waals surface area contributed by atoms with E-state index in [1.54, 1.807) is 0 Å². The molecule has 0 spiro atoms. The van der Waals surface area contributed by atoms with Crippen molar-refractivity contribution in [2.75, 3.05) is 0 Å². The molecule has 1 heteroatoms. The zero-order valence-electron chi connectivity index (χ0n) is 24.1. The number of aromatic nitrogens is 1. The van der Waals surface area contributed by atoms with Gasteiger partial charge in [0.15, 0.2) is 0 Å². The lowest BCUT2D eigenvalue weighted by atomic mass is 9.91. The molecule has 0 saturated heterocycles. The Bertz CT molecular complexity index is 2550. The van der Waals surface area contributed by atoms with Crippen molar-refractivity contribution in [2.24, 2.45) is 0 Å². The molecule has 1 aliphatic rings. The van der Waals surface area contributed by atoms with E-state index in [2.05, 4.69) is 156 Å². The molecule has 0 bridgehead atoms. The first-order chi connectivity index (χ1) is 21.8. The lowest BCUT2D eigenvalue weighted by Crippen LogP contribution is -1.94. The van der Waals surface area contributed by atoms with Crippen molar-refractivity contribution in [1.29, 1.82) is 0 Å². The maximum atomic E-state index is 2.42. The minimum Gasteiger partial charge on any atom is -0.309 e. The zero-order valence-corrected chi connectivity index (χ0v) is 24.1. The summed E-state index contributed by atoms with van der Waals surface area (Å²) in [6.07, 6.45) is 0.979. The molecule has 1 heterocycles. The standard InChI is InChI=1S/C43H27N/c1-2-11-34-32(9-1)33-10-3-4-12-35(33)41-25-28(20-22-36(34)41)27-17-18-29-23-30-19-21-31(26-40(30)39(29)24-27)44-42-15-7-5-13-37(42)38-14-6-8-16-43(38)44/h1-22,24-26H,23H2. The van der Waals surface area contributed by atoms with Crippen molar-refractivity contribution in [2.45, 2.75) is 6.42 Å². The highest BCUT2D eigenvalue weighted by Gasteiger charge is 2.21. The van der Waals surface area contributed by atoms with Crippen molar-refractivity contribution < 1.29 is 0 Å². The molecule has 9 aromatic rings. The van der Waals surface area contributed by atoms with Gasteiger partial charge in [0.05, 0.1) is 11.0 Å². The normalized spacial score (nSPS) is 12.5. The van der Waals surface area contributed by atoms with Gasteiger partial charge in [0.1, 0.15) is 0 Å². The molecule has 0 N–H and O–H groups in total. The fourth-order valence-corrected chi connectivity index (χ4v) is 7.76. The summed E-state index contributed by atoms with van der Waals surface area (Å²) in [5, 5.41) is 10.5. The van der Waals surface area contributed by atoms with Crippen molar-refractivity contribution in [1.82, 2.24) is 4.57 Å². The third-order valence-electron chi connectivity index (χ3n) is 9.79. The smallest absolute Gasteiger partial charge is 0.0541 e. The molecular weight excluding hydrogens is 530 g/mol. The van der Waals surface area contributed by atoms with Crippen LogP contribution in [0.15, 0.2) is 152 Å². The largest absolute Gasteiger partial charge is 0.309 e. The highest BCUT2D eigenvalue weighted by atomic mass is 15.0. The lowest BCUT2D eigenvalue weighted by molar-refractivity contribution is 1.17. The van der Waals surface area contributed by atoms with E-state index in [4.69, 9.17) is 0 Å². The number of para-hydroxylation sites is 2. The van der Waals surface area contributed by atoms with Gasteiger partial charge in [0, 0.05) is 16.5 Å². The molecule has 0 atom stereocenters. The summed E-state index contributed by atoms with van der Waals surface area (Å²) >= 11 is 0. The second-order valence-electron chi connectivity index (χ2n) is 12.1. The van der Waals surface area contributed by atoms with E-state index >= 15 is 0 Å². The van der Waals surface area contributed by atoms with E-state index < -0.39 is 0 Å². The number of rotatable bonds is 2. The number of hydrogen-bond donors (Lipinski definition) is 0. The molecule has 0 aliphatic heterocycles. The van der Waals surface area contributed by atoms with Crippen LogP contribution in [0.5, 0.6) is 0 Å². The Morgan fingerprint density at radius 3 is 1.43 bits per heavy atom. The Labute approximate surface area is 255 Å². The predicted molar refractivity (Wildman–Crippen MR) is 187 cm³/mol. The van der Waals surface area contributed by atoms with Gasteiger partial charge in [-0.05, 0) is 109 Å². The SMILES string of the molecule is c1ccc2c(c1)c1ccccc1c1cc(-c3ccc4c(c3)-c3cc(-n5c6ccccc6c6ccccc65)ccc3C4)ccc21. The van der Waals surface area contributed by atoms with Gasteiger partial charge in [0.2, 0.25) is 0 Å². The van der Waals surface area contributed by atoms with Crippen LogP contribution in [-0.2, 0) is 6.42 Å². The van der Waals surface area contributed by atoms with E-state index in [9.17, 15) is 0 Å². The highest BCUT2D eigenvalue weighted by Crippen LogP contribution is 2.43. The van der Waals surface area contributed by atoms with Gasteiger partial charge in [-0.25, -0.2) is 0 Å². The second kappa shape index (κ2) is 8.92. The molecule has 1 nitrogen and oxygen atoms in total. The Hall–Kier alpha value is -5.66. The Morgan fingerprint density at radius 1 is 0.341 bits per heavy atom. The number of hydrogen-bond acceptors (Lipinski definition) is 0. The van der Waals surface area contributed by atoms with Crippen LogP contribution in [-0.4, -0.2) is 4.57 Å². The Kier molecular flexibility index (Phi) is 4.84. The molecular formula is C43H27N. The van der Waals surface area contributed by atoms with E-state index in [1.165, 1.54) is 93.2 Å². The monoisotopic (exact) mass is 557 g/mol. The van der Waals surface area contributed by atoms with Gasteiger partial charge in [-0.15, -0.1) is 0 Å². The molecule has 204 valence electrons. The molecule has 1 aromatic heterocycles. The fraction of sp³-hybridized carbons (Fsp3) is 0.0233. The summed E-state index contributed by atoms with van der Waals surface area (Å²) in [6.45, 7) is 0. The molecule has 0 unspecified atom stereocenters. The molecule has 1 aliphatic carbocycles. The summed E-state index contributed by atoms with van der Waals surface area (Å²) in [6, 6.07) is 56.2. The first kappa shape index (κ1) is 23.9. The minimum absolute atomic E-state index is 0.979. The van der Waals surface area contributed by atoms with E-state index in [1.807, 2.05) is 0 Å². The lowest BCUT2D eigenvalue weighted by Gasteiger charge is -2.13. The molecule has 8 aromatic carbocycles. The van der Waals surface area contributed by atoms with Crippen molar-refractivity contribution in [3.8, 4) is 27.9 Å². The summed E-state index contributed by atoms with van der Waals surface area (Å²) in [5.74, 6) is 0. The average Bonchev–Trinajstić information content (AvgIpc) is 3.63. The Morgan fingerprint density at radius 2 is 0.795 bits per heavy atom. The van der Waals surface area contributed by atoms with Crippen molar-refractivity contribution in [3.63, 3.8) is 0 Å². The van der Waals surface area contributed by atoms with Crippen LogP contribution in [0.1, 0.15) is 11.1 Å². The fourth-order valence-electron chi connectivity index (χ4n) is 7.76. The van der Waals surface area contributed by atoms with Crippen molar-refractivity contribution >= 4 is 54.1 Å².